The lowest BCUT2D eigenvalue weighted by Gasteiger charge is -2.35. The summed E-state index contributed by atoms with van der Waals surface area (Å²) in [6.07, 6.45) is 3.97. The van der Waals surface area contributed by atoms with Gasteiger partial charge in [0.05, 0.1) is 14.5 Å². The molecule has 5 heteroatoms. The van der Waals surface area contributed by atoms with Gasteiger partial charge in [-0.05, 0) is 81.2 Å². The summed E-state index contributed by atoms with van der Waals surface area (Å²) < 4.78 is 1.35. The predicted octanol–water partition coefficient (Wildman–Crippen LogP) is 3.95. The molecule has 0 unspecified atom stereocenters. The van der Waals surface area contributed by atoms with Gasteiger partial charge in [-0.3, -0.25) is 0 Å². The van der Waals surface area contributed by atoms with Crippen LogP contribution in [0.25, 0.3) is 0 Å². The summed E-state index contributed by atoms with van der Waals surface area (Å²) in [4.78, 5) is 0. The summed E-state index contributed by atoms with van der Waals surface area (Å²) in [6.45, 7) is 3.55. The molecule has 112 valence electrons. The molecule has 0 bridgehead atoms. The highest BCUT2D eigenvalue weighted by Gasteiger charge is 2.31. The molecular formula is C15H21Br2NO2. The Morgan fingerprint density at radius 3 is 2.35 bits per heavy atom. The Balaban J connectivity index is 1.87. The van der Waals surface area contributed by atoms with Gasteiger partial charge in [0.25, 0.3) is 0 Å². The molecule has 0 atom stereocenters. The fraction of sp³-hybridized carbons (Fsp3) is 0.600. The summed E-state index contributed by atoms with van der Waals surface area (Å²) in [6, 6.07) is 3.78. The molecule has 0 amide bonds. The van der Waals surface area contributed by atoms with Crippen molar-refractivity contribution in [2.45, 2.75) is 44.8 Å². The molecule has 3 nitrogen and oxygen atoms in total. The molecule has 2 rings (SSSR count). The third-order valence-corrected chi connectivity index (χ3v) is 5.27. The second-order valence-electron chi connectivity index (χ2n) is 5.92. The van der Waals surface area contributed by atoms with Crippen molar-refractivity contribution in [1.82, 2.24) is 5.32 Å². The maximum absolute atomic E-state index is 10.5. The Labute approximate surface area is 137 Å². The lowest BCUT2D eigenvalue weighted by Crippen LogP contribution is -2.43. The summed E-state index contributed by atoms with van der Waals surface area (Å²) in [5.41, 5.74) is 0.507. The molecule has 1 saturated carbocycles. The molecule has 0 aromatic heterocycles. The van der Waals surface area contributed by atoms with E-state index in [-0.39, 0.29) is 5.75 Å². The number of aliphatic hydroxyl groups is 1. The van der Waals surface area contributed by atoms with Gasteiger partial charge in [-0.1, -0.05) is 6.92 Å². The van der Waals surface area contributed by atoms with Gasteiger partial charge in [-0.25, -0.2) is 0 Å². The van der Waals surface area contributed by atoms with Crippen LogP contribution in [-0.4, -0.2) is 22.4 Å². The Morgan fingerprint density at radius 2 is 1.80 bits per heavy atom. The zero-order valence-corrected chi connectivity index (χ0v) is 14.8. The standard InChI is InChI=1S/C15H21Br2NO2/c1-10-2-4-15(20,5-3-10)9-18-8-11-6-12(16)14(19)13(17)7-11/h6-7,10,18-20H,2-5,8-9H2,1H3. The highest BCUT2D eigenvalue weighted by Crippen LogP contribution is 2.34. The zero-order valence-electron chi connectivity index (χ0n) is 11.6. The average molecular weight is 407 g/mol. The minimum Gasteiger partial charge on any atom is -0.506 e. The second-order valence-corrected chi connectivity index (χ2v) is 7.63. The number of hydrogen-bond acceptors (Lipinski definition) is 3. The molecule has 0 radical (unpaired) electrons. The number of rotatable bonds is 4. The molecule has 1 aliphatic carbocycles. The van der Waals surface area contributed by atoms with Crippen molar-refractivity contribution in [2.24, 2.45) is 5.92 Å². The largest absolute Gasteiger partial charge is 0.506 e. The van der Waals surface area contributed by atoms with E-state index in [1.54, 1.807) is 0 Å². The number of halogens is 2. The van der Waals surface area contributed by atoms with Crippen LogP contribution in [-0.2, 0) is 6.54 Å². The fourth-order valence-corrected chi connectivity index (χ4v) is 3.92. The van der Waals surface area contributed by atoms with Crippen LogP contribution in [0.3, 0.4) is 0 Å². The van der Waals surface area contributed by atoms with Crippen molar-refractivity contribution in [1.29, 1.82) is 0 Å². The van der Waals surface area contributed by atoms with E-state index >= 15 is 0 Å². The summed E-state index contributed by atoms with van der Waals surface area (Å²) in [7, 11) is 0. The Morgan fingerprint density at radius 1 is 1.25 bits per heavy atom. The van der Waals surface area contributed by atoms with Crippen LogP contribution in [0.1, 0.15) is 38.2 Å². The van der Waals surface area contributed by atoms with Crippen molar-refractivity contribution in [2.75, 3.05) is 6.54 Å². The molecule has 1 aromatic carbocycles. The van der Waals surface area contributed by atoms with Gasteiger partial charge in [0.2, 0.25) is 0 Å². The third kappa shape index (κ3) is 4.20. The van der Waals surface area contributed by atoms with E-state index in [0.29, 0.717) is 22.0 Å². The van der Waals surface area contributed by atoms with Crippen LogP contribution >= 0.6 is 31.9 Å². The van der Waals surface area contributed by atoms with E-state index < -0.39 is 5.60 Å². The minimum atomic E-state index is -0.558. The highest BCUT2D eigenvalue weighted by atomic mass is 79.9. The number of phenolic OH excluding ortho intramolecular Hbond substituents is 1. The molecule has 0 saturated heterocycles. The van der Waals surface area contributed by atoms with Crippen molar-refractivity contribution in [3.05, 3.63) is 26.6 Å². The number of benzene rings is 1. The number of aromatic hydroxyl groups is 1. The van der Waals surface area contributed by atoms with E-state index in [1.807, 2.05) is 12.1 Å². The van der Waals surface area contributed by atoms with Gasteiger partial charge in [-0.15, -0.1) is 0 Å². The van der Waals surface area contributed by atoms with Crippen LogP contribution in [0.15, 0.2) is 21.1 Å². The Bertz CT molecular complexity index is 448. The van der Waals surface area contributed by atoms with Crippen molar-refractivity contribution in [3.63, 3.8) is 0 Å². The van der Waals surface area contributed by atoms with E-state index in [9.17, 15) is 10.2 Å². The SMILES string of the molecule is CC1CCC(O)(CNCc2cc(Br)c(O)c(Br)c2)CC1. The first-order chi connectivity index (χ1) is 9.39. The number of phenols is 1. The fourth-order valence-electron chi connectivity index (χ4n) is 2.64. The molecule has 1 fully saturated rings. The highest BCUT2D eigenvalue weighted by molar-refractivity contribution is 9.11. The van der Waals surface area contributed by atoms with Crippen LogP contribution in [0, 0.1) is 5.92 Å². The minimum absolute atomic E-state index is 0.216. The van der Waals surface area contributed by atoms with Gasteiger partial charge in [0.1, 0.15) is 5.75 Å². The second kappa shape index (κ2) is 6.77. The molecule has 0 aliphatic heterocycles. The maximum Gasteiger partial charge on any atom is 0.143 e. The average Bonchev–Trinajstić information content (AvgIpc) is 2.40. The molecule has 0 heterocycles. The maximum atomic E-state index is 10.5. The van der Waals surface area contributed by atoms with Crippen molar-refractivity contribution >= 4 is 31.9 Å². The quantitative estimate of drug-likeness (QED) is 0.709. The van der Waals surface area contributed by atoms with E-state index in [1.165, 1.54) is 0 Å². The molecular weight excluding hydrogens is 386 g/mol. The van der Waals surface area contributed by atoms with Crippen LogP contribution < -0.4 is 5.32 Å². The zero-order chi connectivity index (χ0) is 14.8. The molecule has 3 N–H and O–H groups in total. The molecule has 20 heavy (non-hydrogen) atoms. The normalized spacial score (nSPS) is 26.7. The van der Waals surface area contributed by atoms with Crippen molar-refractivity contribution < 1.29 is 10.2 Å². The molecule has 1 aromatic rings. The van der Waals surface area contributed by atoms with Gasteiger partial charge in [0, 0.05) is 13.1 Å². The Hall–Kier alpha value is -0.100. The first-order valence-electron chi connectivity index (χ1n) is 7.00. The Kier molecular flexibility index (Phi) is 5.51. The first-order valence-corrected chi connectivity index (χ1v) is 8.58. The van der Waals surface area contributed by atoms with Crippen molar-refractivity contribution in [3.8, 4) is 5.75 Å². The number of nitrogens with one attached hydrogen (secondary N) is 1. The smallest absolute Gasteiger partial charge is 0.143 e. The van der Waals surface area contributed by atoms with E-state index in [0.717, 1.165) is 37.2 Å². The lowest BCUT2D eigenvalue weighted by molar-refractivity contribution is -0.00630. The monoisotopic (exact) mass is 405 g/mol. The molecule has 1 aliphatic rings. The van der Waals surface area contributed by atoms with Crippen LogP contribution in [0.5, 0.6) is 5.75 Å². The van der Waals surface area contributed by atoms with Gasteiger partial charge < -0.3 is 15.5 Å². The predicted molar refractivity (Wildman–Crippen MR) is 87.8 cm³/mol. The van der Waals surface area contributed by atoms with E-state index in [2.05, 4.69) is 44.1 Å². The first kappa shape index (κ1) is 16.3. The van der Waals surface area contributed by atoms with Gasteiger partial charge >= 0.3 is 0 Å². The summed E-state index contributed by atoms with van der Waals surface area (Å²) in [5, 5.41) is 23.5. The van der Waals surface area contributed by atoms with Gasteiger partial charge in [0.15, 0.2) is 0 Å². The summed E-state index contributed by atoms with van der Waals surface area (Å²) >= 11 is 6.65. The lowest BCUT2D eigenvalue weighted by atomic mass is 9.79. The topological polar surface area (TPSA) is 52.5 Å². The van der Waals surface area contributed by atoms with Crippen LogP contribution in [0.4, 0.5) is 0 Å². The third-order valence-electron chi connectivity index (χ3n) is 4.06. The molecule has 0 spiro atoms. The van der Waals surface area contributed by atoms with Crippen LogP contribution in [0.2, 0.25) is 0 Å². The number of hydrogen-bond donors (Lipinski definition) is 3. The van der Waals surface area contributed by atoms with Gasteiger partial charge in [-0.2, -0.15) is 0 Å². The van der Waals surface area contributed by atoms with E-state index in [4.69, 9.17) is 0 Å². The summed E-state index contributed by atoms with van der Waals surface area (Å²) in [5.74, 6) is 0.952.